The predicted octanol–water partition coefficient (Wildman–Crippen LogP) is 3.97. The molecule has 0 heteroatoms. The molecule has 0 aliphatic carbocycles. The van der Waals surface area contributed by atoms with Crippen molar-refractivity contribution in [1.82, 2.24) is 0 Å². The molecule has 0 amide bonds. The van der Waals surface area contributed by atoms with E-state index in [1.807, 2.05) is 30.3 Å². The summed E-state index contributed by atoms with van der Waals surface area (Å²) >= 11 is 0. The quantitative estimate of drug-likeness (QED) is 0.690. The minimum atomic E-state index is 1.06. The number of hydrogen-bond acceptors (Lipinski definition) is 0. The van der Waals surface area contributed by atoms with Crippen LogP contribution in [0.3, 0.4) is 0 Å². The Hall–Kier alpha value is -1.82. The lowest BCUT2D eigenvalue weighted by Crippen LogP contribution is -1.80. The first-order valence-electron chi connectivity index (χ1n) is 4.93. The maximum Gasteiger partial charge on any atom is 0.0416 e. The highest BCUT2D eigenvalue weighted by molar-refractivity contribution is 5.63. The highest BCUT2D eigenvalue weighted by Gasteiger charge is 1.96. The van der Waals surface area contributed by atoms with Crippen molar-refractivity contribution < 1.29 is 0 Å². The fourth-order valence-corrected chi connectivity index (χ4v) is 1.51. The monoisotopic (exact) mass is 192 g/mol. The highest BCUT2D eigenvalue weighted by Crippen LogP contribution is 2.19. The molecule has 0 spiro atoms. The van der Waals surface area contributed by atoms with Crippen molar-refractivity contribution in [3.8, 4) is 11.1 Å². The van der Waals surface area contributed by atoms with E-state index in [0.717, 1.165) is 5.56 Å². The van der Waals surface area contributed by atoms with Gasteiger partial charge in [-0.2, -0.15) is 0 Å². The third-order valence-corrected chi connectivity index (χ3v) is 2.26. The van der Waals surface area contributed by atoms with Crippen LogP contribution in [0, 0.1) is 6.42 Å². The fourth-order valence-electron chi connectivity index (χ4n) is 1.51. The van der Waals surface area contributed by atoms with Crippen molar-refractivity contribution in [2.75, 3.05) is 0 Å². The van der Waals surface area contributed by atoms with E-state index in [1.165, 1.54) is 11.1 Å². The molecule has 0 N–H and O–H groups in total. The summed E-state index contributed by atoms with van der Waals surface area (Å²) in [5, 5.41) is 0. The summed E-state index contributed by atoms with van der Waals surface area (Å²) in [6.07, 6.45) is 4.73. The fraction of sp³-hybridized carbons (Fsp3) is 0. The third-order valence-electron chi connectivity index (χ3n) is 2.26. The Balaban J connectivity index is 2.28. The van der Waals surface area contributed by atoms with Gasteiger partial charge in [0.1, 0.15) is 0 Å². The summed E-state index contributed by atoms with van der Waals surface area (Å²) in [5.41, 5.74) is 3.53. The Kier molecular flexibility index (Phi) is 2.99. The van der Waals surface area contributed by atoms with Gasteiger partial charge in [0, 0.05) is 6.42 Å². The number of benzene rings is 2. The van der Waals surface area contributed by atoms with Crippen LogP contribution in [0.1, 0.15) is 5.56 Å². The average molecular weight is 192 g/mol. The standard InChI is InChI=1S/C15H12/c1-2-6-13-9-11-15(12-10-13)14-7-4-3-5-8-14/h2-5,7-12H,1H2. The molecule has 2 rings (SSSR count). The van der Waals surface area contributed by atoms with Crippen molar-refractivity contribution in [1.29, 1.82) is 0 Å². The van der Waals surface area contributed by atoms with Crippen LogP contribution in [0.2, 0.25) is 0 Å². The van der Waals surface area contributed by atoms with Gasteiger partial charge in [0.05, 0.1) is 0 Å². The molecular formula is C15H12. The summed E-state index contributed by atoms with van der Waals surface area (Å²) in [6, 6.07) is 18.6. The highest BCUT2D eigenvalue weighted by atomic mass is 14.0. The maximum atomic E-state index is 3.63. The smallest absolute Gasteiger partial charge is 0.0416 e. The molecule has 0 saturated heterocycles. The van der Waals surface area contributed by atoms with E-state index in [2.05, 4.69) is 37.3 Å². The van der Waals surface area contributed by atoms with Crippen LogP contribution < -0.4 is 0 Å². The molecule has 0 aromatic heterocycles. The van der Waals surface area contributed by atoms with Gasteiger partial charge in [-0.3, -0.25) is 0 Å². The summed E-state index contributed by atoms with van der Waals surface area (Å²) in [7, 11) is 0. The van der Waals surface area contributed by atoms with Crippen LogP contribution in [0.15, 0.2) is 67.3 Å². The topological polar surface area (TPSA) is 0 Å². The molecule has 2 aromatic rings. The van der Waals surface area contributed by atoms with Gasteiger partial charge in [0.2, 0.25) is 0 Å². The first-order valence-corrected chi connectivity index (χ1v) is 4.93. The zero-order valence-corrected chi connectivity index (χ0v) is 8.48. The minimum Gasteiger partial charge on any atom is -0.102 e. The molecule has 0 bridgehead atoms. The summed E-state index contributed by atoms with van der Waals surface area (Å²) < 4.78 is 0. The molecule has 0 heterocycles. The Bertz CT molecular complexity index is 423. The Morgan fingerprint density at radius 2 is 1.40 bits per heavy atom. The van der Waals surface area contributed by atoms with Crippen LogP contribution >= 0.6 is 0 Å². The number of allylic oxidation sites excluding steroid dienone is 1. The van der Waals surface area contributed by atoms with Crippen molar-refractivity contribution >= 4 is 0 Å². The van der Waals surface area contributed by atoms with Gasteiger partial charge in [0.15, 0.2) is 0 Å². The number of rotatable bonds is 3. The molecule has 0 atom stereocenters. The molecule has 0 nitrogen and oxygen atoms in total. The molecule has 2 aromatic carbocycles. The Labute approximate surface area is 90.9 Å². The van der Waals surface area contributed by atoms with E-state index in [-0.39, 0.29) is 0 Å². The normalized spacial score (nSPS) is 9.87. The molecule has 2 radical (unpaired) electrons. The van der Waals surface area contributed by atoms with E-state index < -0.39 is 0 Å². The van der Waals surface area contributed by atoms with E-state index in [4.69, 9.17) is 0 Å². The second-order valence-corrected chi connectivity index (χ2v) is 3.29. The molecule has 0 aliphatic heterocycles. The van der Waals surface area contributed by atoms with Gasteiger partial charge in [-0.25, -0.2) is 0 Å². The molecule has 0 fully saturated rings. The first-order chi connectivity index (χ1) is 7.40. The van der Waals surface area contributed by atoms with Gasteiger partial charge in [-0.1, -0.05) is 60.7 Å². The number of hydrogen-bond donors (Lipinski definition) is 0. The molecule has 0 saturated carbocycles. The molecule has 72 valence electrons. The molecule has 15 heavy (non-hydrogen) atoms. The van der Waals surface area contributed by atoms with Crippen molar-refractivity contribution in [2.24, 2.45) is 0 Å². The van der Waals surface area contributed by atoms with Crippen LogP contribution in [0.4, 0.5) is 0 Å². The van der Waals surface area contributed by atoms with E-state index in [1.54, 1.807) is 6.08 Å². The first kappa shape index (κ1) is 9.72. The molecule has 0 unspecified atom stereocenters. The Morgan fingerprint density at radius 3 is 2.00 bits per heavy atom. The van der Waals surface area contributed by atoms with Crippen LogP contribution in [0.25, 0.3) is 11.1 Å². The summed E-state index contributed by atoms with van der Waals surface area (Å²) in [4.78, 5) is 0. The SMILES string of the molecule is C=C[C]c1ccc(-c2ccccc2)cc1. The predicted molar refractivity (Wildman–Crippen MR) is 64.4 cm³/mol. The summed E-state index contributed by atoms with van der Waals surface area (Å²) in [5.74, 6) is 0. The van der Waals surface area contributed by atoms with Crippen molar-refractivity contribution in [3.63, 3.8) is 0 Å². The second kappa shape index (κ2) is 4.61. The zero-order chi connectivity index (χ0) is 10.5. The lowest BCUT2D eigenvalue weighted by atomic mass is 10.0. The van der Waals surface area contributed by atoms with Gasteiger partial charge in [0.25, 0.3) is 0 Å². The van der Waals surface area contributed by atoms with Crippen LogP contribution in [-0.4, -0.2) is 0 Å². The van der Waals surface area contributed by atoms with Gasteiger partial charge in [-0.05, 0) is 16.7 Å². The molecular weight excluding hydrogens is 180 g/mol. The second-order valence-electron chi connectivity index (χ2n) is 3.29. The minimum absolute atomic E-state index is 1.06. The van der Waals surface area contributed by atoms with Gasteiger partial charge in [-0.15, -0.1) is 6.58 Å². The lowest BCUT2D eigenvalue weighted by molar-refractivity contribution is 1.52. The maximum absolute atomic E-state index is 3.63. The lowest BCUT2D eigenvalue weighted by Gasteiger charge is -2.02. The Morgan fingerprint density at radius 1 is 0.800 bits per heavy atom. The zero-order valence-electron chi connectivity index (χ0n) is 8.48. The third kappa shape index (κ3) is 2.35. The van der Waals surface area contributed by atoms with Crippen molar-refractivity contribution in [2.45, 2.75) is 0 Å². The van der Waals surface area contributed by atoms with E-state index in [0.29, 0.717) is 0 Å². The average Bonchev–Trinajstić information content (AvgIpc) is 2.32. The summed E-state index contributed by atoms with van der Waals surface area (Å²) in [6.45, 7) is 3.63. The van der Waals surface area contributed by atoms with E-state index >= 15 is 0 Å². The largest absolute Gasteiger partial charge is 0.102 e. The van der Waals surface area contributed by atoms with Crippen molar-refractivity contribution in [3.05, 3.63) is 79.2 Å². The van der Waals surface area contributed by atoms with Gasteiger partial charge < -0.3 is 0 Å². The van der Waals surface area contributed by atoms with Crippen LogP contribution in [0.5, 0.6) is 0 Å². The van der Waals surface area contributed by atoms with E-state index in [9.17, 15) is 0 Å². The molecule has 0 aliphatic rings. The van der Waals surface area contributed by atoms with Gasteiger partial charge >= 0.3 is 0 Å². The van der Waals surface area contributed by atoms with Crippen LogP contribution in [-0.2, 0) is 0 Å².